The van der Waals surface area contributed by atoms with E-state index in [4.69, 9.17) is 0 Å². The van der Waals surface area contributed by atoms with Gasteiger partial charge in [-0.1, -0.05) is 6.92 Å². The summed E-state index contributed by atoms with van der Waals surface area (Å²) in [6, 6.07) is -0.394. The van der Waals surface area contributed by atoms with Crippen molar-refractivity contribution in [1.29, 1.82) is 0 Å². The van der Waals surface area contributed by atoms with Crippen LogP contribution in [0.4, 0.5) is 13.2 Å². The van der Waals surface area contributed by atoms with E-state index in [0.717, 1.165) is 38.9 Å². The highest BCUT2D eigenvalue weighted by molar-refractivity contribution is 5.81. The highest BCUT2D eigenvalue weighted by atomic mass is 19.4. The van der Waals surface area contributed by atoms with E-state index in [9.17, 15) is 18.0 Å². The summed E-state index contributed by atoms with van der Waals surface area (Å²) in [5.74, 6) is -0.599. The minimum Gasteiger partial charge on any atom is -0.346 e. The fraction of sp³-hybridized carbons (Fsp3) is 0.923. The minimum absolute atomic E-state index is 0.203. The molecule has 4 nitrogen and oxygen atoms in total. The number of carbonyl (C=O) groups is 1. The van der Waals surface area contributed by atoms with Crippen LogP contribution in [-0.4, -0.2) is 55.2 Å². The van der Waals surface area contributed by atoms with Crippen molar-refractivity contribution in [2.24, 2.45) is 0 Å². The van der Waals surface area contributed by atoms with Crippen molar-refractivity contribution >= 4 is 5.91 Å². The molecule has 0 aromatic carbocycles. The molecule has 20 heavy (non-hydrogen) atoms. The third kappa shape index (κ3) is 6.56. The number of hydrogen-bond acceptors (Lipinski definition) is 3. The quantitative estimate of drug-likeness (QED) is 0.781. The summed E-state index contributed by atoms with van der Waals surface area (Å²) in [7, 11) is 0. The standard InChI is InChI=1S/C13H24F3N3O/c1-3-6-19-7-4-11(5-8-19)18-10(2)12(20)17-9-13(14,15)16/h10-11,18H,3-9H2,1-2H3,(H,17,20). The maximum atomic E-state index is 12.0. The van der Waals surface area contributed by atoms with E-state index < -0.39 is 24.7 Å². The van der Waals surface area contributed by atoms with Gasteiger partial charge in [-0.2, -0.15) is 13.2 Å². The molecule has 1 atom stereocenters. The van der Waals surface area contributed by atoms with Crippen LogP contribution in [-0.2, 0) is 4.79 Å². The summed E-state index contributed by atoms with van der Waals surface area (Å²) in [5.41, 5.74) is 0. The lowest BCUT2D eigenvalue weighted by Crippen LogP contribution is -2.51. The number of rotatable bonds is 6. The SMILES string of the molecule is CCCN1CCC(NC(C)C(=O)NCC(F)(F)F)CC1. The lowest BCUT2D eigenvalue weighted by Gasteiger charge is -2.33. The summed E-state index contributed by atoms with van der Waals surface area (Å²) >= 11 is 0. The molecule has 1 heterocycles. The first-order valence-corrected chi connectivity index (χ1v) is 7.14. The predicted molar refractivity (Wildman–Crippen MR) is 71.4 cm³/mol. The predicted octanol–water partition coefficient (Wildman–Crippen LogP) is 1.52. The van der Waals surface area contributed by atoms with Gasteiger partial charge in [0.25, 0.3) is 0 Å². The molecule has 1 fully saturated rings. The van der Waals surface area contributed by atoms with E-state index >= 15 is 0 Å². The van der Waals surface area contributed by atoms with Crippen molar-refractivity contribution in [3.63, 3.8) is 0 Å². The van der Waals surface area contributed by atoms with Crippen LogP contribution in [0.2, 0.25) is 0 Å². The van der Waals surface area contributed by atoms with Crippen molar-refractivity contribution in [1.82, 2.24) is 15.5 Å². The fourth-order valence-electron chi connectivity index (χ4n) is 2.41. The fourth-order valence-corrected chi connectivity index (χ4v) is 2.41. The summed E-state index contributed by atoms with van der Waals surface area (Å²) in [4.78, 5) is 13.9. The third-order valence-corrected chi connectivity index (χ3v) is 3.47. The van der Waals surface area contributed by atoms with Gasteiger partial charge in [-0.3, -0.25) is 4.79 Å². The maximum Gasteiger partial charge on any atom is 0.405 e. The van der Waals surface area contributed by atoms with Crippen molar-refractivity contribution in [2.45, 2.75) is 51.4 Å². The second-order valence-corrected chi connectivity index (χ2v) is 5.34. The molecule has 1 unspecified atom stereocenters. The third-order valence-electron chi connectivity index (χ3n) is 3.47. The van der Waals surface area contributed by atoms with Gasteiger partial charge in [0.1, 0.15) is 6.54 Å². The lowest BCUT2D eigenvalue weighted by molar-refractivity contribution is -0.139. The summed E-state index contributed by atoms with van der Waals surface area (Å²) in [5, 5.41) is 5.02. The number of hydrogen-bond donors (Lipinski definition) is 2. The summed E-state index contributed by atoms with van der Waals surface area (Å²) in [6.07, 6.45) is -1.39. The van der Waals surface area contributed by atoms with Crippen LogP contribution in [0, 0.1) is 0 Å². The molecule has 1 saturated heterocycles. The Morgan fingerprint density at radius 2 is 1.95 bits per heavy atom. The number of nitrogens with zero attached hydrogens (tertiary/aromatic N) is 1. The molecule has 118 valence electrons. The first kappa shape index (κ1) is 17.2. The molecule has 0 spiro atoms. The van der Waals surface area contributed by atoms with Crippen LogP contribution in [0.5, 0.6) is 0 Å². The Morgan fingerprint density at radius 3 is 2.45 bits per heavy atom. The van der Waals surface area contributed by atoms with Crippen LogP contribution in [0.25, 0.3) is 0 Å². The van der Waals surface area contributed by atoms with Gasteiger partial charge in [-0.05, 0) is 45.8 Å². The molecule has 0 aliphatic carbocycles. The van der Waals surface area contributed by atoms with Gasteiger partial charge in [0.05, 0.1) is 6.04 Å². The molecular weight excluding hydrogens is 271 g/mol. The minimum atomic E-state index is -4.36. The van der Waals surface area contributed by atoms with E-state index in [1.54, 1.807) is 6.92 Å². The number of halogens is 3. The zero-order chi connectivity index (χ0) is 15.2. The average molecular weight is 295 g/mol. The number of piperidine rings is 1. The van der Waals surface area contributed by atoms with Crippen LogP contribution in [0.1, 0.15) is 33.1 Å². The summed E-state index contributed by atoms with van der Waals surface area (Å²) < 4.78 is 36.0. The number of nitrogens with one attached hydrogen (secondary N) is 2. The highest BCUT2D eigenvalue weighted by Crippen LogP contribution is 2.13. The molecule has 1 rings (SSSR count). The number of likely N-dealkylation sites (tertiary alicyclic amines) is 1. The van der Waals surface area contributed by atoms with Gasteiger partial charge >= 0.3 is 6.18 Å². The monoisotopic (exact) mass is 295 g/mol. The molecule has 7 heteroatoms. The molecule has 0 bridgehead atoms. The van der Waals surface area contributed by atoms with E-state index in [-0.39, 0.29) is 6.04 Å². The van der Waals surface area contributed by atoms with E-state index in [0.29, 0.717) is 0 Å². The van der Waals surface area contributed by atoms with Gasteiger partial charge in [0.15, 0.2) is 0 Å². The topological polar surface area (TPSA) is 44.4 Å². The van der Waals surface area contributed by atoms with Crippen molar-refractivity contribution in [3.05, 3.63) is 0 Å². The molecule has 0 saturated carbocycles. The van der Waals surface area contributed by atoms with E-state index in [1.165, 1.54) is 0 Å². The number of alkyl halides is 3. The van der Waals surface area contributed by atoms with Crippen LogP contribution >= 0.6 is 0 Å². The van der Waals surface area contributed by atoms with Crippen molar-refractivity contribution < 1.29 is 18.0 Å². The average Bonchev–Trinajstić information content (AvgIpc) is 2.37. The Labute approximate surface area is 118 Å². The van der Waals surface area contributed by atoms with Gasteiger partial charge in [0.2, 0.25) is 5.91 Å². The van der Waals surface area contributed by atoms with Gasteiger partial charge < -0.3 is 15.5 Å². The van der Waals surface area contributed by atoms with Gasteiger partial charge in [0, 0.05) is 6.04 Å². The second kappa shape index (κ2) is 7.83. The molecule has 2 N–H and O–H groups in total. The Kier molecular flexibility index (Phi) is 6.75. The van der Waals surface area contributed by atoms with Gasteiger partial charge in [-0.25, -0.2) is 0 Å². The first-order valence-electron chi connectivity index (χ1n) is 7.14. The van der Waals surface area contributed by atoms with Crippen LogP contribution in [0.15, 0.2) is 0 Å². The molecule has 1 aliphatic rings. The molecule has 1 aliphatic heterocycles. The molecule has 0 radical (unpaired) electrons. The van der Waals surface area contributed by atoms with Crippen LogP contribution < -0.4 is 10.6 Å². The molecule has 0 aromatic heterocycles. The number of carbonyl (C=O) groups excluding carboxylic acids is 1. The zero-order valence-corrected chi connectivity index (χ0v) is 12.1. The Balaban J connectivity index is 2.25. The second-order valence-electron chi connectivity index (χ2n) is 5.34. The normalized spacial score (nSPS) is 19.9. The Bertz CT molecular complexity index is 302. The van der Waals surface area contributed by atoms with Crippen molar-refractivity contribution in [2.75, 3.05) is 26.2 Å². The summed E-state index contributed by atoms with van der Waals surface area (Å²) in [6.45, 7) is 5.49. The highest BCUT2D eigenvalue weighted by Gasteiger charge is 2.29. The van der Waals surface area contributed by atoms with E-state index in [2.05, 4.69) is 17.1 Å². The molecular formula is C13H24F3N3O. The van der Waals surface area contributed by atoms with E-state index in [1.807, 2.05) is 5.32 Å². The van der Waals surface area contributed by atoms with Gasteiger partial charge in [-0.15, -0.1) is 0 Å². The molecule has 0 aromatic rings. The number of amides is 1. The largest absolute Gasteiger partial charge is 0.405 e. The van der Waals surface area contributed by atoms with Crippen LogP contribution in [0.3, 0.4) is 0 Å². The Morgan fingerprint density at radius 1 is 1.35 bits per heavy atom. The lowest BCUT2D eigenvalue weighted by atomic mass is 10.0. The smallest absolute Gasteiger partial charge is 0.346 e. The molecule has 1 amide bonds. The Hall–Kier alpha value is -0.820. The zero-order valence-electron chi connectivity index (χ0n) is 12.1. The first-order chi connectivity index (χ1) is 9.31. The maximum absolute atomic E-state index is 12.0. The van der Waals surface area contributed by atoms with Crippen molar-refractivity contribution in [3.8, 4) is 0 Å².